The first-order chi connectivity index (χ1) is 10.2. The topological polar surface area (TPSA) is 37.3 Å². The summed E-state index contributed by atoms with van der Waals surface area (Å²) in [5, 5.41) is 11.4. The maximum absolute atomic E-state index is 12.2. The van der Waals surface area contributed by atoms with Crippen molar-refractivity contribution in [2.45, 2.75) is 73.9 Å². The standard InChI is InChI=1S/C18H26O2S/c19-18(12-5-4-9-15-7-2-1-3-8-15)13-16-10-6-11-17(14-18)21(16)20/h1-3,7-8,16-17,19H,4-6,9-14H2. The minimum atomic E-state index is -0.680. The van der Waals surface area contributed by atoms with Crippen molar-refractivity contribution in [3.8, 4) is 0 Å². The molecule has 1 aromatic carbocycles. The van der Waals surface area contributed by atoms with E-state index in [1.165, 1.54) is 12.0 Å². The second-order valence-electron chi connectivity index (χ2n) is 6.83. The van der Waals surface area contributed by atoms with Crippen molar-refractivity contribution in [2.24, 2.45) is 0 Å². The van der Waals surface area contributed by atoms with Crippen LogP contribution in [-0.4, -0.2) is 25.4 Å². The molecule has 1 aromatic rings. The van der Waals surface area contributed by atoms with Gasteiger partial charge in [0.2, 0.25) is 0 Å². The van der Waals surface area contributed by atoms with E-state index in [4.69, 9.17) is 0 Å². The Morgan fingerprint density at radius 1 is 1.10 bits per heavy atom. The van der Waals surface area contributed by atoms with Crippen LogP contribution in [0.1, 0.15) is 56.9 Å². The van der Waals surface area contributed by atoms with Gasteiger partial charge in [0.25, 0.3) is 0 Å². The SMILES string of the molecule is O=S1C2CCCC1CC(O)(CCCCc1ccccc1)C2. The number of rotatable bonds is 5. The summed E-state index contributed by atoms with van der Waals surface area (Å²) in [6, 6.07) is 10.6. The first kappa shape index (κ1) is 15.2. The van der Waals surface area contributed by atoms with E-state index in [2.05, 4.69) is 24.3 Å². The molecule has 116 valence electrons. The first-order valence-corrected chi connectivity index (χ1v) is 9.60. The number of aryl methyl sites for hydroxylation is 1. The second kappa shape index (κ2) is 6.62. The molecule has 21 heavy (non-hydrogen) atoms. The minimum absolute atomic E-state index is 0.261. The van der Waals surface area contributed by atoms with Gasteiger partial charge in [0.05, 0.1) is 5.60 Å². The van der Waals surface area contributed by atoms with E-state index in [0.717, 1.165) is 51.4 Å². The van der Waals surface area contributed by atoms with Gasteiger partial charge in [0.1, 0.15) is 0 Å². The zero-order valence-corrected chi connectivity index (χ0v) is 13.5. The van der Waals surface area contributed by atoms with E-state index >= 15 is 0 Å². The van der Waals surface area contributed by atoms with E-state index in [0.29, 0.717) is 0 Å². The van der Waals surface area contributed by atoms with Crippen molar-refractivity contribution in [1.29, 1.82) is 0 Å². The third-order valence-electron chi connectivity index (χ3n) is 5.12. The number of hydrogen-bond donors (Lipinski definition) is 1. The smallest absolute Gasteiger partial charge is 0.0670 e. The summed E-state index contributed by atoms with van der Waals surface area (Å²) < 4.78 is 12.2. The maximum atomic E-state index is 12.2. The van der Waals surface area contributed by atoms with Crippen LogP contribution in [0, 0.1) is 0 Å². The molecule has 0 spiro atoms. The molecule has 2 atom stereocenters. The first-order valence-electron chi connectivity index (χ1n) is 8.32. The van der Waals surface area contributed by atoms with Gasteiger partial charge in [-0.15, -0.1) is 0 Å². The molecule has 2 aliphatic heterocycles. The molecule has 2 unspecified atom stereocenters. The van der Waals surface area contributed by atoms with Gasteiger partial charge >= 0.3 is 0 Å². The van der Waals surface area contributed by atoms with E-state index < -0.39 is 16.4 Å². The summed E-state index contributed by atoms with van der Waals surface area (Å²) in [7, 11) is -0.680. The largest absolute Gasteiger partial charge is 0.390 e. The molecule has 3 rings (SSSR count). The minimum Gasteiger partial charge on any atom is -0.390 e. The normalized spacial score (nSPS) is 35.6. The summed E-state index contributed by atoms with van der Waals surface area (Å²) in [6.45, 7) is 0. The molecule has 0 aromatic heterocycles. The lowest BCUT2D eigenvalue weighted by Gasteiger charge is -2.43. The fourth-order valence-corrected chi connectivity index (χ4v) is 6.30. The van der Waals surface area contributed by atoms with Crippen molar-refractivity contribution in [2.75, 3.05) is 0 Å². The van der Waals surface area contributed by atoms with Gasteiger partial charge < -0.3 is 5.11 Å². The Bertz CT molecular complexity index is 469. The van der Waals surface area contributed by atoms with Gasteiger partial charge in [-0.25, -0.2) is 0 Å². The molecule has 0 radical (unpaired) electrons. The van der Waals surface area contributed by atoms with Crippen LogP contribution in [0.3, 0.4) is 0 Å². The Morgan fingerprint density at radius 3 is 2.43 bits per heavy atom. The van der Waals surface area contributed by atoms with Gasteiger partial charge in [0.15, 0.2) is 0 Å². The summed E-state index contributed by atoms with van der Waals surface area (Å²) in [4.78, 5) is 0. The van der Waals surface area contributed by atoms with Crippen molar-refractivity contribution in [3.05, 3.63) is 35.9 Å². The molecule has 0 saturated carbocycles. The zero-order valence-electron chi connectivity index (χ0n) is 12.7. The van der Waals surface area contributed by atoms with Crippen molar-refractivity contribution in [1.82, 2.24) is 0 Å². The molecule has 2 saturated heterocycles. The number of hydrogen-bond acceptors (Lipinski definition) is 2. The third-order valence-corrected chi connectivity index (χ3v) is 7.24. The number of aliphatic hydroxyl groups is 1. The summed E-state index contributed by atoms with van der Waals surface area (Å²) in [5.74, 6) is 0. The molecule has 3 heteroatoms. The Kier molecular flexibility index (Phi) is 4.80. The molecule has 2 heterocycles. The molecule has 2 bridgehead atoms. The Morgan fingerprint density at radius 2 is 1.76 bits per heavy atom. The molecule has 0 amide bonds. The van der Waals surface area contributed by atoms with Gasteiger partial charge in [-0.2, -0.15) is 0 Å². The molecule has 2 fully saturated rings. The van der Waals surface area contributed by atoms with E-state index in [-0.39, 0.29) is 10.5 Å². The van der Waals surface area contributed by atoms with Crippen LogP contribution in [0.5, 0.6) is 0 Å². The Labute approximate surface area is 130 Å². The molecular formula is C18H26O2S. The Hall–Kier alpha value is -0.670. The predicted octanol–water partition coefficient (Wildman–Crippen LogP) is 3.59. The molecule has 2 aliphatic rings. The summed E-state index contributed by atoms with van der Waals surface area (Å²) in [6.07, 6.45) is 9.00. The predicted molar refractivity (Wildman–Crippen MR) is 87.8 cm³/mol. The van der Waals surface area contributed by atoms with E-state index in [1.54, 1.807) is 0 Å². The average Bonchev–Trinajstić information content (AvgIpc) is 2.47. The average molecular weight is 306 g/mol. The van der Waals surface area contributed by atoms with Gasteiger partial charge in [-0.1, -0.05) is 43.2 Å². The lowest BCUT2D eigenvalue weighted by atomic mass is 9.82. The van der Waals surface area contributed by atoms with Gasteiger partial charge in [-0.05, 0) is 50.5 Å². The zero-order chi connectivity index (χ0) is 14.7. The lowest BCUT2D eigenvalue weighted by Crippen LogP contribution is -2.48. The van der Waals surface area contributed by atoms with Crippen LogP contribution in [0.15, 0.2) is 30.3 Å². The van der Waals surface area contributed by atoms with Crippen LogP contribution in [0.25, 0.3) is 0 Å². The second-order valence-corrected chi connectivity index (χ2v) is 8.82. The van der Waals surface area contributed by atoms with Crippen LogP contribution >= 0.6 is 0 Å². The van der Waals surface area contributed by atoms with Crippen LogP contribution in [0.4, 0.5) is 0 Å². The number of unbranched alkanes of at least 4 members (excludes halogenated alkanes) is 1. The lowest BCUT2D eigenvalue weighted by molar-refractivity contribution is 0.00102. The van der Waals surface area contributed by atoms with Crippen LogP contribution < -0.4 is 0 Å². The Balaban J connectivity index is 1.47. The highest BCUT2D eigenvalue weighted by Gasteiger charge is 2.44. The number of fused-ring (bicyclic) bond motifs is 2. The van der Waals surface area contributed by atoms with E-state index in [9.17, 15) is 9.32 Å². The fraction of sp³-hybridized carbons (Fsp3) is 0.667. The van der Waals surface area contributed by atoms with Gasteiger partial charge in [-0.3, -0.25) is 4.21 Å². The molecule has 2 nitrogen and oxygen atoms in total. The highest BCUT2D eigenvalue weighted by molar-refractivity contribution is 7.86. The van der Waals surface area contributed by atoms with Gasteiger partial charge in [0, 0.05) is 21.3 Å². The fourth-order valence-electron chi connectivity index (χ4n) is 4.01. The van der Waals surface area contributed by atoms with Crippen molar-refractivity contribution < 1.29 is 9.32 Å². The van der Waals surface area contributed by atoms with Crippen LogP contribution in [-0.2, 0) is 17.2 Å². The summed E-state index contributed by atoms with van der Waals surface area (Å²) in [5.41, 5.74) is 0.839. The molecule has 1 N–H and O–H groups in total. The molecule has 0 aliphatic carbocycles. The monoisotopic (exact) mass is 306 g/mol. The third kappa shape index (κ3) is 3.75. The number of benzene rings is 1. The highest BCUT2D eigenvalue weighted by Crippen LogP contribution is 2.41. The van der Waals surface area contributed by atoms with Crippen molar-refractivity contribution >= 4 is 10.8 Å². The van der Waals surface area contributed by atoms with Crippen LogP contribution in [0.2, 0.25) is 0 Å². The quantitative estimate of drug-likeness (QED) is 0.844. The summed E-state index contributed by atoms with van der Waals surface area (Å²) >= 11 is 0. The van der Waals surface area contributed by atoms with Crippen molar-refractivity contribution in [3.63, 3.8) is 0 Å². The van der Waals surface area contributed by atoms with E-state index in [1.807, 2.05) is 6.07 Å². The maximum Gasteiger partial charge on any atom is 0.0670 e. The highest BCUT2D eigenvalue weighted by atomic mass is 32.2. The molecular weight excluding hydrogens is 280 g/mol.